The quantitative estimate of drug-likeness (QED) is 0.176. The van der Waals surface area contributed by atoms with Crippen LogP contribution in [-0.4, -0.2) is 0 Å². The molecule has 3 spiro atoms. The first-order valence-corrected chi connectivity index (χ1v) is 28.1. The van der Waals surface area contributed by atoms with E-state index >= 15 is 0 Å². The van der Waals surface area contributed by atoms with Crippen LogP contribution >= 0.6 is 11.8 Å². The van der Waals surface area contributed by atoms with Crippen molar-refractivity contribution in [2.24, 2.45) is 0 Å². The number of para-hydroxylation sites is 4. The van der Waals surface area contributed by atoms with E-state index in [1.807, 2.05) is 11.8 Å². The fraction of sp³-hybridized carbons (Fsp3) is 0.0400. The lowest BCUT2D eigenvalue weighted by Gasteiger charge is -2.40. The molecule has 3 aliphatic heterocycles. The lowest BCUT2D eigenvalue weighted by Crippen LogP contribution is -2.32. The van der Waals surface area contributed by atoms with Gasteiger partial charge in [-0.25, -0.2) is 0 Å². The highest BCUT2D eigenvalue weighted by molar-refractivity contribution is 7.99. The molecule has 6 aliphatic rings. The lowest BCUT2D eigenvalue weighted by molar-refractivity contribution is 0.436. The van der Waals surface area contributed by atoms with Crippen molar-refractivity contribution in [3.8, 4) is 56.4 Å². The van der Waals surface area contributed by atoms with Gasteiger partial charge in [0.25, 0.3) is 0 Å². The van der Waals surface area contributed by atoms with E-state index < -0.39 is 16.2 Å². The first kappa shape index (κ1) is 43.5. The molecule has 0 radical (unpaired) electrons. The summed E-state index contributed by atoms with van der Waals surface area (Å²) >= 11 is 1.88. The number of rotatable bonds is 3. The van der Waals surface area contributed by atoms with Crippen LogP contribution in [0.1, 0.15) is 66.8 Å². The van der Waals surface area contributed by atoms with Gasteiger partial charge < -0.3 is 14.4 Å². The predicted octanol–water partition coefficient (Wildman–Crippen LogP) is 18.9. The number of nitrogens with zero attached hydrogens (tertiary/aromatic N) is 1. The number of anilines is 3. The Morgan fingerprint density at radius 2 is 0.582 bits per heavy atom. The Morgan fingerprint density at radius 3 is 1.05 bits per heavy atom. The van der Waals surface area contributed by atoms with Crippen LogP contribution in [0.4, 0.5) is 17.1 Å². The largest absolute Gasteiger partial charge is 0.457 e. The average Bonchev–Trinajstić information content (AvgIpc) is 4.22. The van der Waals surface area contributed by atoms with Crippen molar-refractivity contribution in [2.45, 2.75) is 26.0 Å². The zero-order valence-electron chi connectivity index (χ0n) is 42.7. The fourth-order valence-electron chi connectivity index (χ4n) is 15.5. The molecule has 0 unspecified atom stereocenters. The summed E-state index contributed by atoms with van der Waals surface area (Å²) in [4.78, 5) is 5.20. The monoisotopic (exact) mass is 1020 g/mol. The van der Waals surface area contributed by atoms with Gasteiger partial charge in [0.2, 0.25) is 0 Å². The Hall–Kier alpha value is -9.61. The predicted molar refractivity (Wildman–Crippen MR) is 317 cm³/mol. The third kappa shape index (κ3) is 5.30. The number of hydrogen-bond acceptors (Lipinski definition) is 4. The van der Waals surface area contributed by atoms with Crippen LogP contribution in [0.15, 0.2) is 283 Å². The highest BCUT2D eigenvalue weighted by Crippen LogP contribution is 2.68. The van der Waals surface area contributed by atoms with Crippen LogP contribution < -0.4 is 14.4 Å². The molecule has 79 heavy (non-hydrogen) atoms. The summed E-state index contributed by atoms with van der Waals surface area (Å²) in [6, 6.07) is 102. The standard InChI is InChI=1S/C75H45NO2S/c1-4-24-51-47(21-1)48-44-43-46(45-62(48)74(51)56-29-9-15-39-67(56)78-68-40-16-10-30-57(68)74)76(63-35-19-33-60-71(63)49-22-2-5-25-52(49)73(60)54-27-7-13-37-65(54)77-66-38-14-8-28-55(66)73)64-36-20-34-61-72(64)50-23-3-6-26-53(50)75(61)58-31-11-17-41-69(58)79-70-42-18-12-32-59(70)75/h1-45H. The summed E-state index contributed by atoms with van der Waals surface area (Å²) in [6.07, 6.45) is 0. The van der Waals surface area contributed by atoms with Gasteiger partial charge >= 0.3 is 0 Å². The van der Waals surface area contributed by atoms with Gasteiger partial charge in [-0.05, 0) is 127 Å². The van der Waals surface area contributed by atoms with Crippen molar-refractivity contribution >= 4 is 28.8 Å². The molecule has 12 aromatic carbocycles. The molecule has 0 N–H and O–H groups in total. The lowest BCUT2D eigenvalue weighted by atomic mass is 9.66. The summed E-state index contributed by atoms with van der Waals surface area (Å²) in [5, 5.41) is 0. The zero-order valence-corrected chi connectivity index (χ0v) is 43.5. The van der Waals surface area contributed by atoms with Crippen molar-refractivity contribution < 1.29 is 9.47 Å². The van der Waals surface area contributed by atoms with E-state index in [9.17, 15) is 0 Å². The molecule has 3 aliphatic carbocycles. The van der Waals surface area contributed by atoms with E-state index in [0.717, 1.165) is 62.3 Å². The normalized spacial score (nSPS) is 15.3. The molecule has 0 saturated heterocycles. The zero-order chi connectivity index (χ0) is 51.6. The second kappa shape index (κ2) is 15.8. The molecule has 0 amide bonds. The topological polar surface area (TPSA) is 21.7 Å². The molecule has 0 bridgehead atoms. The van der Waals surface area contributed by atoms with E-state index in [1.165, 1.54) is 87.7 Å². The van der Waals surface area contributed by atoms with Crippen LogP contribution in [-0.2, 0) is 16.2 Å². The number of hydrogen-bond donors (Lipinski definition) is 0. The van der Waals surface area contributed by atoms with Gasteiger partial charge in [-0.2, -0.15) is 0 Å². The highest BCUT2D eigenvalue weighted by atomic mass is 32.2. The van der Waals surface area contributed by atoms with Crippen molar-refractivity contribution in [3.63, 3.8) is 0 Å². The van der Waals surface area contributed by atoms with Gasteiger partial charge in [-0.3, -0.25) is 0 Å². The van der Waals surface area contributed by atoms with E-state index in [0.29, 0.717) is 0 Å². The number of fused-ring (bicyclic) bond motifs is 27. The molecule has 0 fully saturated rings. The van der Waals surface area contributed by atoms with Crippen LogP contribution in [0.3, 0.4) is 0 Å². The smallest absolute Gasteiger partial charge is 0.132 e. The van der Waals surface area contributed by atoms with Crippen LogP contribution in [0.2, 0.25) is 0 Å². The van der Waals surface area contributed by atoms with Crippen LogP contribution in [0, 0.1) is 0 Å². The third-order valence-corrected chi connectivity index (χ3v) is 19.4. The molecular weight excluding hydrogens is 979 g/mol. The molecule has 3 heterocycles. The minimum Gasteiger partial charge on any atom is -0.457 e. The molecule has 0 saturated carbocycles. The maximum atomic E-state index is 6.87. The maximum Gasteiger partial charge on any atom is 0.132 e. The summed E-state index contributed by atoms with van der Waals surface area (Å²) in [7, 11) is 0. The van der Waals surface area contributed by atoms with Crippen LogP contribution in [0.25, 0.3) is 33.4 Å². The first-order valence-electron chi connectivity index (χ1n) is 27.3. The van der Waals surface area contributed by atoms with Gasteiger partial charge in [-0.1, -0.05) is 224 Å². The Labute approximate surface area is 462 Å². The van der Waals surface area contributed by atoms with Gasteiger partial charge in [0.1, 0.15) is 23.0 Å². The Morgan fingerprint density at radius 1 is 0.253 bits per heavy atom. The second-order valence-corrected chi connectivity index (χ2v) is 22.7. The van der Waals surface area contributed by atoms with Crippen molar-refractivity contribution in [1.29, 1.82) is 0 Å². The van der Waals surface area contributed by atoms with Crippen molar-refractivity contribution in [1.82, 2.24) is 0 Å². The van der Waals surface area contributed by atoms with Gasteiger partial charge in [0.15, 0.2) is 0 Å². The third-order valence-electron chi connectivity index (χ3n) is 18.3. The van der Waals surface area contributed by atoms with Gasteiger partial charge in [-0.15, -0.1) is 0 Å². The first-order chi connectivity index (χ1) is 39.2. The Balaban J connectivity index is 0.984. The van der Waals surface area contributed by atoms with Gasteiger partial charge in [0, 0.05) is 48.9 Å². The minimum atomic E-state index is -0.674. The molecule has 368 valence electrons. The summed E-state index contributed by atoms with van der Waals surface area (Å²) in [6.45, 7) is 0. The minimum absolute atomic E-state index is 0.573. The van der Waals surface area contributed by atoms with E-state index in [-0.39, 0.29) is 0 Å². The molecule has 12 aromatic rings. The molecule has 18 rings (SSSR count). The maximum absolute atomic E-state index is 6.87. The molecule has 0 aromatic heterocycles. The molecule has 3 nitrogen and oxygen atoms in total. The van der Waals surface area contributed by atoms with Crippen molar-refractivity contribution in [3.05, 3.63) is 340 Å². The van der Waals surface area contributed by atoms with Crippen molar-refractivity contribution in [2.75, 3.05) is 4.90 Å². The summed E-state index contributed by atoms with van der Waals surface area (Å²) in [5.41, 5.74) is 23.5. The Kier molecular flexibility index (Phi) is 8.67. The highest BCUT2D eigenvalue weighted by Gasteiger charge is 2.55. The van der Waals surface area contributed by atoms with E-state index in [1.54, 1.807) is 0 Å². The summed E-state index contributed by atoms with van der Waals surface area (Å²) < 4.78 is 13.7. The average molecular weight is 1020 g/mol. The van der Waals surface area contributed by atoms with E-state index in [4.69, 9.17) is 9.47 Å². The fourth-order valence-corrected chi connectivity index (χ4v) is 16.7. The SMILES string of the molecule is c1ccc2c(c1)Oc1ccccc1C21c2ccccc2-c2ccc(N(c3cccc4c3-c3ccccc3C43c4ccccc4Oc4ccccc43)c3cccc4c3-c3ccccc3C43c4ccccc4Sc4ccccc43)cc21. The molecule has 0 atom stereocenters. The molecule has 4 heteroatoms. The second-order valence-electron chi connectivity index (χ2n) is 21.6. The number of benzene rings is 12. The van der Waals surface area contributed by atoms with Gasteiger partial charge in [0.05, 0.1) is 27.6 Å². The Bertz CT molecular complexity index is 4310. The van der Waals surface area contributed by atoms with Crippen LogP contribution in [0.5, 0.6) is 23.0 Å². The molecular formula is C75H45NO2S. The van der Waals surface area contributed by atoms with E-state index in [2.05, 4.69) is 278 Å². The summed E-state index contributed by atoms with van der Waals surface area (Å²) in [5.74, 6) is 3.50. The number of ether oxygens (including phenoxy) is 2.